The van der Waals surface area contributed by atoms with Gasteiger partial charge in [-0.2, -0.15) is 0 Å². The minimum absolute atomic E-state index is 0.265. The lowest BCUT2D eigenvalue weighted by Crippen LogP contribution is -2.15. The van der Waals surface area contributed by atoms with Crippen molar-refractivity contribution in [2.45, 2.75) is 39.3 Å². The molecule has 0 saturated carbocycles. The van der Waals surface area contributed by atoms with Crippen LogP contribution >= 0.6 is 27.5 Å². The van der Waals surface area contributed by atoms with Crippen molar-refractivity contribution in [2.75, 3.05) is 19.8 Å². The first kappa shape index (κ1) is 22.0. The van der Waals surface area contributed by atoms with E-state index >= 15 is 0 Å². The molecule has 4 nitrogen and oxygen atoms in total. The molecule has 0 bridgehead atoms. The van der Waals surface area contributed by atoms with Gasteiger partial charge < -0.3 is 19.9 Å². The molecular weight excluding hydrogens is 430 g/mol. The molecule has 0 radical (unpaired) electrons. The first-order valence-electron chi connectivity index (χ1n) is 9.28. The van der Waals surface area contributed by atoms with Gasteiger partial charge in [-0.3, -0.25) is 0 Å². The fourth-order valence-corrected chi connectivity index (χ4v) is 3.50. The summed E-state index contributed by atoms with van der Waals surface area (Å²) >= 11 is 9.65. The van der Waals surface area contributed by atoms with Crippen molar-refractivity contribution in [3.8, 4) is 11.5 Å². The minimum atomic E-state index is 0.265. The Bertz CT molecular complexity index is 712. The Labute approximate surface area is 175 Å². The number of rotatable bonds is 12. The Hall–Kier alpha value is -1.27. The number of nitrogens with one attached hydrogen (secondary N) is 1. The van der Waals surface area contributed by atoms with Crippen molar-refractivity contribution < 1.29 is 14.6 Å². The third kappa shape index (κ3) is 7.70. The fourth-order valence-electron chi connectivity index (χ4n) is 2.68. The van der Waals surface area contributed by atoms with Crippen molar-refractivity contribution in [3.63, 3.8) is 0 Å². The van der Waals surface area contributed by atoms with Crippen LogP contribution in [-0.4, -0.2) is 24.9 Å². The SMILES string of the molecule is CCOc1cc(CNCCCCCO)cc(Br)c1OCc1cccc(Cl)c1. The maximum Gasteiger partial charge on any atom is 0.175 e. The van der Waals surface area contributed by atoms with E-state index < -0.39 is 0 Å². The van der Waals surface area contributed by atoms with E-state index in [0.29, 0.717) is 24.0 Å². The van der Waals surface area contributed by atoms with Gasteiger partial charge in [-0.1, -0.05) is 23.7 Å². The summed E-state index contributed by atoms with van der Waals surface area (Å²) in [6, 6.07) is 11.7. The molecule has 148 valence electrons. The second-order valence-corrected chi connectivity index (χ2v) is 7.51. The van der Waals surface area contributed by atoms with Crippen LogP contribution in [0, 0.1) is 0 Å². The van der Waals surface area contributed by atoms with Gasteiger partial charge in [0.25, 0.3) is 0 Å². The van der Waals surface area contributed by atoms with Gasteiger partial charge in [0.2, 0.25) is 0 Å². The molecule has 0 heterocycles. The summed E-state index contributed by atoms with van der Waals surface area (Å²) in [6.07, 6.45) is 2.95. The molecule has 0 unspecified atom stereocenters. The first-order valence-corrected chi connectivity index (χ1v) is 10.4. The molecule has 0 aliphatic carbocycles. The van der Waals surface area contributed by atoms with Crippen LogP contribution in [0.1, 0.15) is 37.3 Å². The van der Waals surface area contributed by atoms with Crippen LogP contribution in [0.3, 0.4) is 0 Å². The van der Waals surface area contributed by atoms with E-state index in [4.69, 9.17) is 26.2 Å². The summed E-state index contributed by atoms with van der Waals surface area (Å²) in [4.78, 5) is 0. The van der Waals surface area contributed by atoms with E-state index in [1.807, 2.05) is 37.3 Å². The molecule has 0 amide bonds. The number of hydrogen-bond acceptors (Lipinski definition) is 4. The number of benzene rings is 2. The summed E-state index contributed by atoms with van der Waals surface area (Å²) in [7, 11) is 0. The molecule has 0 atom stereocenters. The van der Waals surface area contributed by atoms with Crippen molar-refractivity contribution >= 4 is 27.5 Å². The molecule has 0 spiro atoms. The molecular formula is C21H27BrClNO3. The number of aliphatic hydroxyl groups excluding tert-OH is 1. The molecule has 2 N–H and O–H groups in total. The molecule has 2 aromatic rings. The van der Waals surface area contributed by atoms with Gasteiger partial charge in [0.05, 0.1) is 11.1 Å². The van der Waals surface area contributed by atoms with Crippen LogP contribution in [0.5, 0.6) is 11.5 Å². The summed E-state index contributed by atoms with van der Waals surface area (Å²) in [5, 5.41) is 12.9. The highest BCUT2D eigenvalue weighted by Crippen LogP contribution is 2.37. The monoisotopic (exact) mass is 455 g/mol. The highest BCUT2D eigenvalue weighted by molar-refractivity contribution is 9.10. The van der Waals surface area contributed by atoms with Gasteiger partial charge in [0, 0.05) is 18.2 Å². The number of hydrogen-bond donors (Lipinski definition) is 2. The summed E-state index contributed by atoms with van der Waals surface area (Å²) in [5.41, 5.74) is 2.13. The van der Waals surface area contributed by atoms with Crippen molar-refractivity contribution in [3.05, 3.63) is 57.0 Å². The number of unbranched alkanes of at least 4 members (excludes halogenated alkanes) is 2. The Balaban J connectivity index is 1.99. The number of aliphatic hydroxyl groups is 1. The van der Waals surface area contributed by atoms with Crippen LogP contribution < -0.4 is 14.8 Å². The zero-order chi connectivity index (χ0) is 19.5. The fraction of sp³-hybridized carbons (Fsp3) is 0.429. The number of halogens is 2. The van der Waals surface area contributed by atoms with Gasteiger partial charge in [-0.15, -0.1) is 0 Å². The van der Waals surface area contributed by atoms with Crippen molar-refractivity contribution in [1.29, 1.82) is 0 Å². The topological polar surface area (TPSA) is 50.7 Å². The maximum absolute atomic E-state index is 8.81. The second kappa shape index (κ2) is 12.2. The standard InChI is InChI=1S/C21H27BrClNO3/c1-2-26-20-13-17(14-24-9-4-3-5-10-25)12-19(22)21(20)27-15-16-7-6-8-18(23)11-16/h6-8,11-13,24-25H,2-5,9-10,14-15H2,1H3. The van der Waals surface area contributed by atoms with Crippen LogP contribution in [0.2, 0.25) is 5.02 Å². The summed E-state index contributed by atoms with van der Waals surface area (Å²) in [6.45, 7) is 4.89. The van der Waals surface area contributed by atoms with E-state index in [-0.39, 0.29) is 6.61 Å². The Morgan fingerprint density at radius 3 is 2.67 bits per heavy atom. The summed E-state index contributed by atoms with van der Waals surface area (Å²) in [5.74, 6) is 1.43. The van der Waals surface area contributed by atoms with E-state index in [0.717, 1.165) is 53.7 Å². The third-order valence-electron chi connectivity index (χ3n) is 3.98. The molecule has 2 rings (SSSR count). The highest BCUT2D eigenvalue weighted by Gasteiger charge is 2.13. The molecule has 0 aliphatic heterocycles. The van der Waals surface area contributed by atoms with E-state index in [2.05, 4.69) is 27.3 Å². The second-order valence-electron chi connectivity index (χ2n) is 6.22. The van der Waals surface area contributed by atoms with Gasteiger partial charge in [-0.25, -0.2) is 0 Å². The van der Waals surface area contributed by atoms with Crippen LogP contribution in [0.15, 0.2) is 40.9 Å². The van der Waals surface area contributed by atoms with E-state index in [1.165, 1.54) is 0 Å². The predicted molar refractivity (Wildman–Crippen MR) is 114 cm³/mol. The lowest BCUT2D eigenvalue weighted by molar-refractivity contribution is 0.267. The Kier molecular flexibility index (Phi) is 9.98. The Morgan fingerprint density at radius 1 is 1.07 bits per heavy atom. The molecule has 0 fully saturated rings. The van der Waals surface area contributed by atoms with Gasteiger partial charge >= 0.3 is 0 Å². The average molecular weight is 457 g/mol. The predicted octanol–water partition coefficient (Wildman–Crippen LogP) is 5.33. The quantitative estimate of drug-likeness (QED) is 0.424. The average Bonchev–Trinajstić information content (AvgIpc) is 2.64. The molecule has 27 heavy (non-hydrogen) atoms. The third-order valence-corrected chi connectivity index (χ3v) is 4.81. The smallest absolute Gasteiger partial charge is 0.175 e. The lowest BCUT2D eigenvalue weighted by atomic mass is 10.2. The molecule has 0 aliphatic rings. The van der Waals surface area contributed by atoms with Crippen LogP contribution in [0.25, 0.3) is 0 Å². The lowest BCUT2D eigenvalue weighted by Gasteiger charge is -2.16. The zero-order valence-corrected chi connectivity index (χ0v) is 18.0. The van der Waals surface area contributed by atoms with Gasteiger partial charge in [-0.05, 0) is 84.1 Å². The maximum atomic E-state index is 8.81. The normalized spacial score (nSPS) is 10.8. The summed E-state index contributed by atoms with van der Waals surface area (Å²) < 4.78 is 12.7. The largest absolute Gasteiger partial charge is 0.490 e. The molecule has 0 saturated heterocycles. The van der Waals surface area contributed by atoms with E-state index in [1.54, 1.807) is 0 Å². The number of ether oxygens (including phenoxy) is 2. The van der Waals surface area contributed by atoms with Crippen LogP contribution in [-0.2, 0) is 13.2 Å². The molecule has 0 aromatic heterocycles. The highest BCUT2D eigenvalue weighted by atomic mass is 79.9. The first-order chi connectivity index (χ1) is 13.1. The molecule has 6 heteroatoms. The van der Waals surface area contributed by atoms with Gasteiger partial charge in [0.1, 0.15) is 6.61 Å². The minimum Gasteiger partial charge on any atom is -0.490 e. The van der Waals surface area contributed by atoms with Gasteiger partial charge in [0.15, 0.2) is 11.5 Å². The van der Waals surface area contributed by atoms with Crippen LogP contribution in [0.4, 0.5) is 0 Å². The van der Waals surface area contributed by atoms with Crippen molar-refractivity contribution in [2.24, 2.45) is 0 Å². The van der Waals surface area contributed by atoms with E-state index in [9.17, 15) is 0 Å². The molecule has 2 aromatic carbocycles. The zero-order valence-electron chi connectivity index (χ0n) is 15.6. The Morgan fingerprint density at radius 2 is 1.93 bits per heavy atom. The van der Waals surface area contributed by atoms with Crippen molar-refractivity contribution in [1.82, 2.24) is 5.32 Å².